The van der Waals surface area contributed by atoms with Crippen LogP contribution in [0.15, 0.2) is 86.8 Å². The second-order valence-electron chi connectivity index (χ2n) is 5.76. The Morgan fingerprint density at radius 1 is 0.643 bits per heavy atom. The largest absolute Gasteiger partial charge is 3.00 e. The van der Waals surface area contributed by atoms with E-state index in [0.29, 0.717) is 11.7 Å². The molecule has 4 aliphatic rings. The average molecular weight is 562 g/mol. The molecule has 2 aliphatic carbocycles. The third-order valence-corrected chi connectivity index (χ3v) is 4.15. The molecule has 5 rings (SSSR count). The van der Waals surface area contributed by atoms with Crippen molar-refractivity contribution in [2.24, 2.45) is 20.0 Å². The third-order valence-electron chi connectivity index (χ3n) is 4.15. The van der Waals surface area contributed by atoms with Gasteiger partial charge in [0, 0.05) is 0 Å². The summed E-state index contributed by atoms with van der Waals surface area (Å²) < 4.78 is 0. The summed E-state index contributed by atoms with van der Waals surface area (Å²) in [5.41, 5.74) is 3.42. The summed E-state index contributed by atoms with van der Waals surface area (Å²) in [6.07, 6.45) is 16.0. The molecular formula is C19H13Cl3N5Nd. The normalized spacial score (nSPS) is 22.1. The van der Waals surface area contributed by atoms with Crippen LogP contribution in [0.1, 0.15) is 11.4 Å². The van der Waals surface area contributed by atoms with Gasteiger partial charge in [0.25, 0.3) is 0 Å². The van der Waals surface area contributed by atoms with E-state index in [1.807, 2.05) is 66.8 Å². The Balaban J connectivity index is 0.000000980. The number of aliphatic imine (C=N–C) groups is 4. The molecule has 1 aromatic heterocycles. The van der Waals surface area contributed by atoms with Gasteiger partial charge in [-0.3, -0.25) is 9.98 Å². The van der Waals surface area contributed by atoms with E-state index < -0.39 is 0 Å². The maximum Gasteiger partial charge on any atom is 3.00 e. The van der Waals surface area contributed by atoms with Crippen LogP contribution in [0.25, 0.3) is 0 Å². The molecule has 0 bridgehead atoms. The van der Waals surface area contributed by atoms with Gasteiger partial charge in [0.15, 0.2) is 11.7 Å². The Labute approximate surface area is 214 Å². The van der Waals surface area contributed by atoms with Gasteiger partial charge in [-0.05, 0) is 24.3 Å². The molecule has 3 heterocycles. The molecule has 5 nitrogen and oxygen atoms in total. The Hall–Kier alpha value is -0.989. The number of fused-ring (bicyclic) bond motifs is 2. The summed E-state index contributed by atoms with van der Waals surface area (Å²) in [4.78, 5) is 23.1. The van der Waals surface area contributed by atoms with Crippen LogP contribution in [0.4, 0.5) is 0 Å². The third kappa shape index (κ3) is 4.76. The van der Waals surface area contributed by atoms with Crippen LogP contribution in [-0.2, 0) is 0 Å². The van der Waals surface area contributed by atoms with Crippen LogP contribution in [0.5, 0.6) is 0 Å². The molecule has 28 heavy (non-hydrogen) atoms. The molecular weight excluding hydrogens is 549 g/mol. The van der Waals surface area contributed by atoms with Crippen LogP contribution in [-0.4, -0.2) is 40.2 Å². The Bertz CT molecular complexity index is 914. The second-order valence-corrected chi connectivity index (χ2v) is 5.76. The van der Waals surface area contributed by atoms with Crippen molar-refractivity contribution in [2.45, 2.75) is 12.1 Å². The number of allylic oxidation sites excluding steroid dienone is 4. The van der Waals surface area contributed by atoms with Gasteiger partial charge < -0.3 is 37.2 Å². The number of amidine groups is 2. The van der Waals surface area contributed by atoms with Gasteiger partial charge in [-0.25, -0.2) is 15.0 Å². The summed E-state index contributed by atoms with van der Waals surface area (Å²) in [6.45, 7) is 0. The Morgan fingerprint density at radius 2 is 1.11 bits per heavy atom. The molecule has 2 unspecified atom stereocenters. The van der Waals surface area contributed by atoms with Crippen LogP contribution in [0, 0.1) is 40.8 Å². The number of hydrogen-bond donors (Lipinski definition) is 0. The van der Waals surface area contributed by atoms with E-state index in [-0.39, 0.29) is 90.1 Å². The first-order valence-corrected chi connectivity index (χ1v) is 7.87. The minimum atomic E-state index is 0. The molecule has 139 valence electrons. The van der Waals surface area contributed by atoms with Crippen LogP contribution in [0.3, 0.4) is 0 Å². The van der Waals surface area contributed by atoms with Crippen molar-refractivity contribution in [2.75, 3.05) is 0 Å². The molecule has 1 aromatic rings. The Morgan fingerprint density at radius 3 is 1.54 bits per heavy atom. The van der Waals surface area contributed by atoms with Crippen LogP contribution >= 0.6 is 0 Å². The van der Waals surface area contributed by atoms with E-state index in [4.69, 9.17) is 0 Å². The molecule has 0 amide bonds. The summed E-state index contributed by atoms with van der Waals surface area (Å²) in [7, 11) is 0. The first kappa shape index (κ1) is 25.0. The maximum atomic E-state index is 4.68. The molecule has 0 spiro atoms. The number of halogens is 3. The van der Waals surface area contributed by atoms with Gasteiger partial charge in [0.2, 0.25) is 0 Å². The zero-order valence-electron chi connectivity index (χ0n) is 14.4. The standard InChI is InChI=1S/C19H13N5.3ClH.Nd/c1-2-7-13-12(6-1)21-18(22-13)16-10-5-11-17(20-16)19-23-14-8-3-4-9-15(14)24-19;;;;/h1-12,14H;3*1H;/q;;;;+3/p-3. The van der Waals surface area contributed by atoms with Crippen molar-refractivity contribution in [1.82, 2.24) is 4.98 Å². The molecule has 0 saturated carbocycles. The van der Waals surface area contributed by atoms with Crippen LogP contribution in [0.2, 0.25) is 0 Å². The SMILES string of the molecule is C1=CC2=NC(c3cccc(C4=NC5C=CC=CC5=N4)n3)=NC2C=C1.[Cl-].[Cl-].[Cl-].[Nd+3]. The van der Waals surface area contributed by atoms with E-state index in [0.717, 1.165) is 22.8 Å². The van der Waals surface area contributed by atoms with Gasteiger partial charge in [-0.2, -0.15) is 0 Å². The van der Waals surface area contributed by atoms with Crippen molar-refractivity contribution in [3.8, 4) is 0 Å². The fourth-order valence-corrected chi connectivity index (χ4v) is 2.96. The van der Waals surface area contributed by atoms with Gasteiger partial charge in [-0.15, -0.1) is 0 Å². The predicted molar refractivity (Wildman–Crippen MR) is 96.3 cm³/mol. The van der Waals surface area contributed by atoms with E-state index >= 15 is 0 Å². The van der Waals surface area contributed by atoms with E-state index in [1.54, 1.807) is 0 Å². The van der Waals surface area contributed by atoms with Crippen molar-refractivity contribution < 1.29 is 78.1 Å². The van der Waals surface area contributed by atoms with E-state index in [1.165, 1.54) is 0 Å². The molecule has 2 aliphatic heterocycles. The summed E-state index contributed by atoms with van der Waals surface area (Å²) >= 11 is 0. The summed E-state index contributed by atoms with van der Waals surface area (Å²) in [6, 6.07) is 5.82. The fourth-order valence-electron chi connectivity index (χ4n) is 2.96. The van der Waals surface area contributed by atoms with E-state index in [9.17, 15) is 0 Å². The van der Waals surface area contributed by atoms with Gasteiger partial charge in [-0.1, -0.05) is 42.5 Å². The zero-order chi connectivity index (χ0) is 15.9. The maximum absolute atomic E-state index is 4.68. The van der Waals surface area contributed by atoms with Gasteiger partial charge in [0.05, 0.1) is 11.4 Å². The minimum absolute atomic E-state index is 0. The topological polar surface area (TPSA) is 62.3 Å². The quantitative estimate of drug-likeness (QED) is 0.354. The fraction of sp³-hybridized carbons (Fsp3) is 0.105. The van der Waals surface area contributed by atoms with Crippen LogP contribution < -0.4 is 37.2 Å². The molecule has 1 radical (unpaired) electrons. The van der Waals surface area contributed by atoms with Crippen molar-refractivity contribution in [3.63, 3.8) is 0 Å². The van der Waals surface area contributed by atoms with Crippen molar-refractivity contribution in [3.05, 3.63) is 78.2 Å². The number of aromatic nitrogens is 1. The second kappa shape index (κ2) is 10.7. The first-order chi connectivity index (χ1) is 11.9. The number of pyridine rings is 1. The number of nitrogens with zero attached hydrogens (tertiary/aromatic N) is 5. The van der Waals surface area contributed by atoms with Crippen molar-refractivity contribution in [1.29, 1.82) is 0 Å². The molecule has 0 aromatic carbocycles. The molecule has 9 heteroatoms. The molecule has 0 saturated heterocycles. The average Bonchev–Trinajstić information content (AvgIpc) is 3.26. The molecule has 2 atom stereocenters. The number of rotatable bonds is 2. The van der Waals surface area contributed by atoms with Crippen molar-refractivity contribution >= 4 is 23.1 Å². The Kier molecular flexibility index (Phi) is 9.56. The smallest absolute Gasteiger partial charge is 1.00 e. The first-order valence-electron chi connectivity index (χ1n) is 7.87. The minimum Gasteiger partial charge on any atom is -1.00 e. The van der Waals surface area contributed by atoms with E-state index in [2.05, 4.69) is 25.0 Å². The summed E-state index contributed by atoms with van der Waals surface area (Å²) in [5.74, 6) is 1.33. The molecule has 0 N–H and O–H groups in total. The summed E-state index contributed by atoms with van der Waals surface area (Å²) in [5, 5.41) is 0. The zero-order valence-corrected chi connectivity index (χ0v) is 19.9. The predicted octanol–water partition coefficient (Wildman–Crippen LogP) is -6.51. The molecule has 0 fully saturated rings. The van der Waals surface area contributed by atoms with Gasteiger partial charge >= 0.3 is 40.8 Å². The number of hydrogen-bond acceptors (Lipinski definition) is 5. The monoisotopic (exact) mass is 558 g/mol. The van der Waals surface area contributed by atoms with Gasteiger partial charge in [0.1, 0.15) is 23.5 Å².